The molecule has 0 aliphatic heterocycles. The van der Waals surface area contributed by atoms with Gasteiger partial charge in [0.15, 0.2) is 11.5 Å². The second-order valence-electron chi connectivity index (χ2n) is 2.76. The van der Waals surface area contributed by atoms with E-state index >= 15 is 0 Å². The van der Waals surface area contributed by atoms with Gasteiger partial charge in [-0.3, -0.25) is 0 Å². The second-order valence-corrected chi connectivity index (χ2v) is 2.76. The van der Waals surface area contributed by atoms with Crippen LogP contribution in [0, 0.1) is 0 Å². The smallest absolute Gasteiger partial charge is 0.161 e. The van der Waals surface area contributed by atoms with E-state index in [0.717, 1.165) is 5.56 Å². The minimum Gasteiger partial charge on any atom is -0.504 e. The zero-order chi connectivity index (χ0) is 10.4. The van der Waals surface area contributed by atoms with Gasteiger partial charge in [0.05, 0.1) is 13.7 Å². The van der Waals surface area contributed by atoms with Gasteiger partial charge in [-0.2, -0.15) is 5.48 Å². The summed E-state index contributed by atoms with van der Waals surface area (Å²) in [7, 11) is 1.56. The Kier molecular flexibility index (Phi) is 4.22. The monoisotopic (exact) mass is 197 g/mol. The summed E-state index contributed by atoms with van der Waals surface area (Å²) in [5, 5.41) is 9.41. The maximum atomic E-state index is 9.41. The van der Waals surface area contributed by atoms with Crippen LogP contribution in [-0.2, 0) is 11.4 Å². The van der Waals surface area contributed by atoms with E-state index < -0.39 is 0 Å². The minimum atomic E-state index is 0.160. The fourth-order valence-corrected chi connectivity index (χ4v) is 1.10. The number of nitrogens with one attached hydrogen (secondary N) is 1. The lowest BCUT2D eigenvalue weighted by molar-refractivity contribution is 0.0866. The van der Waals surface area contributed by atoms with Crippen LogP contribution in [0.5, 0.6) is 11.5 Å². The molecule has 78 valence electrons. The number of hydrogen-bond donors (Lipinski definition) is 2. The topological polar surface area (TPSA) is 50.7 Å². The Bertz CT molecular complexity index is 289. The molecular weight excluding hydrogens is 182 g/mol. The highest BCUT2D eigenvalue weighted by atomic mass is 16.6. The summed E-state index contributed by atoms with van der Waals surface area (Å²) >= 11 is 0. The third-order valence-corrected chi connectivity index (χ3v) is 1.74. The number of ether oxygens (including phenoxy) is 1. The van der Waals surface area contributed by atoms with Crippen molar-refractivity contribution in [3.05, 3.63) is 23.8 Å². The van der Waals surface area contributed by atoms with Crippen LogP contribution in [0.3, 0.4) is 0 Å². The maximum absolute atomic E-state index is 9.41. The molecule has 2 N–H and O–H groups in total. The van der Waals surface area contributed by atoms with Crippen LogP contribution < -0.4 is 10.2 Å². The summed E-state index contributed by atoms with van der Waals surface area (Å²) in [6.45, 7) is 2.99. The average Bonchev–Trinajstić information content (AvgIpc) is 2.19. The van der Waals surface area contributed by atoms with Gasteiger partial charge < -0.3 is 14.7 Å². The van der Waals surface area contributed by atoms with E-state index in [4.69, 9.17) is 9.57 Å². The first-order chi connectivity index (χ1) is 6.77. The number of rotatable bonds is 5. The second kappa shape index (κ2) is 5.47. The zero-order valence-electron chi connectivity index (χ0n) is 8.41. The van der Waals surface area contributed by atoms with Crippen molar-refractivity contribution in [1.82, 2.24) is 5.48 Å². The molecule has 0 radical (unpaired) electrons. The molecule has 0 saturated heterocycles. The largest absolute Gasteiger partial charge is 0.504 e. The average molecular weight is 197 g/mol. The van der Waals surface area contributed by atoms with Crippen LogP contribution in [0.1, 0.15) is 12.5 Å². The molecule has 1 aromatic carbocycles. The van der Waals surface area contributed by atoms with Crippen LogP contribution in [0.15, 0.2) is 18.2 Å². The van der Waals surface area contributed by atoms with E-state index in [9.17, 15) is 5.11 Å². The molecule has 0 aliphatic carbocycles. The van der Waals surface area contributed by atoms with Gasteiger partial charge in [-0.05, 0) is 24.6 Å². The Morgan fingerprint density at radius 1 is 1.43 bits per heavy atom. The van der Waals surface area contributed by atoms with E-state index in [0.29, 0.717) is 18.9 Å². The van der Waals surface area contributed by atoms with Gasteiger partial charge in [0.2, 0.25) is 0 Å². The lowest BCUT2D eigenvalue weighted by Gasteiger charge is -2.08. The molecule has 0 fully saturated rings. The molecule has 0 heterocycles. The molecule has 0 unspecified atom stereocenters. The summed E-state index contributed by atoms with van der Waals surface area (Å²) in [5.74, 6) is 0.663. The first-order valence-electron chi connectivity index (χ1n) is 4.48. The Balaban J connectivity index is 2.72. The van der Waals surface area contributed by atoms with Crippen LogP contribution in [0.4, 0.5) is 0 Å². The number of hydrogen-bond acceptors (Lipinski definition) is 4. The molecule has 0 bridgehead atoms. The SMILES string of the molecule is CCOc1cc(CNOC)ccc1O. The zero-order valence-corrected chi connectivity index (χ0v) is 8.41. The molecule has 0 aromatic heterocycles. The highest BCUT2D eigenvalue weighted by Gasteiger charge is 2.02. The Hall–Kier alpha value is -1.26. The van der Waals surface area contributed by atoms with Crippen molar-refractivity contribution >= 4 is 0 Å². The Labute approximate surface area is 83.4 Å². The molecule has 0 aliphatic rings. The summed E-state index contributed by atoms with van der Waals surface area (Å²) in [5.41, 5.74) is 3.71. The van der Waals surface area contributed by atoms with Crippen molar-refractivity contribution in [3.63, 3.8) is 0 Å². The van der Waals surface area contributed by atoms with E-state index in [-0.39, 0.29) is 5.75 Å². The maximum Gasteiger partial charge on any atom is 0.161 e. The van der Waals surface area contributed by atoms with Crippen LogP contribution in [0.2, 0.25) is 0 Å². The van der Waals surface area contributed by atoms with Crippen molar-refractivity contribution in [2.75, 3.05) is 13.7 Å². The van der Waals surface area contributed by atoms with Gasteiger partial charge >= 0.3 is 0 Å². The molecule has 0 spiro atoms. The van der Waals surface area contributed by atoms with Crippen LogP contribution in [-0.4, -0.2) is 18.8 Å². The van der Waals surface area contributed by atoms with Crippen LogP contribution >= 0.6 is 0 Å². The van der Waals surface area contributed by atoms with E-state index in [1.54, 1.807) is 19.2 Å². The molecule has 4 nitrogen and oxygen atoms in total. The molecule has 0 saturated carbocycles. The molecule has 1 aromatic rings. The Morgan fingerprint density at radius 3 is 2.86 bits per heavy atom. The number of hydroxylamine groups is 1. The number of phenolic OH excluding ortho intramolecular Hbond substituents is 1. The first-order valence-corrected chi connectivity index (χ1v) is 4.48. The lowest BCUT2D eigenvalue weighted by Crippen LogP contribution is -2.10. The molecule has 0 atom stereocenters. The fourth-order valence-electron chi connectivity index (χ4n) is 1.10. The standard InChI is InChI=1S/C10H15NO3/c1-3-14-10-6-8(7-11-13-2)4-5-9(10)12/h4-6,11-12H,3,7H2,1-2H3. The van der Waals surface area contributed by atoms with Crippen LogP contribution in [0.25, 0.3) is 0 Å². The van der Waals surface area contributed by atoms with Gasteiger partial charge in [-0.1, -0.05) is 6.07 Å². The normalized spacial score (nSPS) is 10.1. The third kappa shape index (κ3) is 2.90. The van der Waals surface area contributed by atoms with Gasteiger partial charge in [0.25, 0.3) is 0 Å². The quantitative estimate of drug-likeness (QED) is 0.701. The lowest BCUT2D eigenvalue weighted by atomic mass is 10.2. The van der Waals surface area contributed by atoms with Crippen molar-refractivity contribution < 1.29 is 14.7 Å². The predicted octanol–water partition coefficient (Wildman–Crippen LogP) is 1.44. The van der Waals surface area contributed by atoms with Gasteiger partial charge in [0, 0.05) is 6.54 Å². The van der Waals surface area contributed by atoms with Crippen molar-refractivity contribution in [2.45, 2.75) is 13.5 Å². The highest BCUT2D eigenvalue weighted by molar-refractivity contribution is 5.41. The third-order valence-electron chi connectivity index (χ3n) is 1.74. The predicted molar refractivity (Wildman–Crippen MR) is 53.1 cm³/mol. The number of phenols is 1. The fraction of sp³-hybridized carbons (Fsp3) is 0.400. The molecule has 0 amide bonds. The molecule has 1 rings (SSSR count). The van der Waals surface area contributed by atoms with E-state index in [1.807, 2.05) is 13.0 Å². The Morgan fingerprint density at radius 2 is 2.21 bits per heavy atom. The van der Waals surface area contributed by atoms with E-state index in [1.165, 1.54) is 0 Å². The molecule has 14 heavy (non-hydrogen) atoms. The van der Waals surface area contributed by atoms with E-state index in [2.05, 4.69) is 5.48 Å². The van der Waals surface area contributed by atoms with Gasteiger partial charge in [-0.15, -0.1) is 0 Å². The summed E-state index contributed by atoms with van der Waals surface area (Å²) in [6.07, 6.45) is 0. The summed E-state index contributed by atoms with van der Waals surface area (Å²) < 4.78 is 5.24. The van der Waals surface area contributed by atoms with Gasteiger partial charge in [-0.25, -0.2) is 0 Å². The number of aromatic hydroxyl groups is 1. The highest BCUT2D eigenvalue weighted by Crippen LogP contribution is 2.26. The minimum absolute atomic E-state index is 0.160. The van der Waals surface area contributed by atoms with Crippen molar-refractivity contribution in [3.8, 4) is 11.5 Å². The summed E-state index contributed by atoms with van der Waals surface area (Å²) in [6, 6.07) is 5.20. The summed E-state index contributed by atoms with van der Waals surface area (Å²) in [4.78, 5) is 4.72. The van der Waals surface area contributed by atoms with Crippen molar-refractivity contribution in [1.29, 1.82) is 0 Å². The first kappa shape index (κ1) is 10.8. The molecular formula is C10H15NO3. The van der Waals surface area contributed by atoms with Crippen molar-refractivity contribution in [2.24, 2.45) is 0 Å². The molecule has 4 heteroatoms. The number of benzene rings is 1. The van der Waals surface area contributed by atoms with Gasteiger partial charge in [0.1, 0.15) is 0 Å².